The van der Waals surface area contributed by atoms with Crippen molar-refractivity contribution in [2.45, 2.75) is 19.3 Å². The van der Waals surface area contributed by atoms with Crippen molar-refractivity contribution in [2.75, 3.05) is 12.4 Å². The van der Waals surface area contributed by atoms with Crippen molar-refractivity contribution in [1.82, 2.24) is 0 Å². The van der Waals surface area contributed by atoms with Crippen molar-refractivity contribution in [2.24, 2.45) is 0 Å². The van der Waals surface area contributed by atoms with Gasteiger partial charge < -0.3 is 19.9 Å². The first-order valence-corrected chi connectivity index (χ1v) is 6.95. The highest BCUT2D eigenvalue weighted by Gasteiger charge is 2.19. The van der Waals surface area contributed by atoms with Gasteiger partial charge in [0.15, 0.2) is 0 Å². The summed E-state index contributed by atoms with van der Waals surface area (Å²) in [4.78, 5) is 11.7. The summed E-state index contributed by atoms with van der Waals surface area (Å²) in [6.07, 6.45) is -1.06. The number of aliphatic hydroxyl groups excluding tert-OH is 1. The second-order valence-corrected chi connectivity index (χ2v) is 4.79. The molecule has 22 heavy (non-hydrogen) atoms. The summed E-state index contributed by atoms with van der Waals surface area (Å²) < 4.78 is 10.2. The Balaban J connectivity index is 2.05. The van der Waals surface area contributed by atoms with Crippen molar-refractivity contribution in [3.05, 3.63) is 60.2 Å². The molecule has 5 nitrogen and oxygen atoms in total. The van der Waals surface area contributed by atoms with Crippen LogP contribution in [0.1, 0.15) is 17.3 Å². The molecule has 2 N–H and O–H groups in total. The summed E-state index contributed by atoms with van der Waals surface area (Å²) in [5, 5.41) is 13.2. The third-order valence-corrected chi connectivity index (χ3v) is 3.14. The van der Waals surface area contributed by atoms with Gasteiger partial charge in [-0.3, -0.25) is 0 Å². The number of para-hydroxylation sites is 2. The number of hydrogen-bond acceptors (Lipinski definition) is 5. The number of carbonyl (C=O) groups excluding carboxylic acids is 1. The van der Waals surface area contributed by atoms with Gasteiger partial charge in [0.05, 0.1) is 18.7 Å². The van der Waals surface area contributed by atoms with Gasteiger partial charge in [0.1, 0.15) is 5.75 Å². The molecular formula is C17H19NO4. The summed E-state index contributed by atoms with van der Waals surface area (Å²) in [6.45, 7) is 1.77. The van der Waals surface area contributed by atoms with Gasteiger partial charge in [0.2, 0.25) is 6.29 Å². The Bertz CT molecular complexity index is 615. The van der Waals surface area contributed by atoms with Gasteiger partial charge in [-0.05, 0) is 31.2 Å². The zero-order chi connectivity index (χ0) is 15.9. The predicted molar refractivity (Wildman–Crippen MR) is 83.9 cm³/mol. The van der Waals surface area contributed by atoms with Crippen LogP contribution in [0, 0.1) is 0 Å². The van der Waals surface area contributed by atoms with Gasteiger partial charge in [-0.1, -0.05) is 30.3 Å². The Hall–Kier alpha value is -2.53. The van der Waals surface area contributed by atoms with Crippen LogP contribution in [0.25, 0.3) is 0 Å². The second-order valence-electron chi connectivity index (χ2n) is 4.79. The highest BCUT2D eigenvalue weighted by Crippen LogP contribution is 2.19. The van der Waals surface area contributed by atoms with Crippen molar-refractivity contribution >= 4 is 11.7 Å². The molecule has 0 radical (unpaired) electrons. The maximum Gasteiger partial charge on any atom is 0.339 e. The molecule has 0 aliphatic carbocycles. The fourth-order valence-electron chi connectivity index (χ4n) is 1.95. The summed E-state index contributed by atoms with van der Waals surface area (Å²) in [5.41, 5.74) is 0.987. The second kappa shape index (κ2) is 7.47. The molecule has 0 aromatic heterocycles. The monoisotopic (exact) mass is 301 g/mol. The minimum atomic E-state index is -1.06. The number of methoxy groups -OCH3 is 1. The first-order chi connectivity index (χ1) is 10.6. The van der Waals surface area contributed by atoms with Gasteiger partial charge in [-0.25, -0.2) is 4.79 Å². The number of nitrogens with one attached hydrogen (secondary N) is 1. The van der Waals surface area contributed by atoms with E-state index in [1.54, 1.807) is 43.3 Å². The fraction of sp³-hybridized carbons (Fsp3) is 0.235. The zero-order valence-corrected chi connectivity index (χ0v) is 12.5. The molecule has 0 fully saturated rings. The Morgan fingerprint density at radius 1 is 1.09 bits per heavy atom. The van der Waals surface area contributed by atoms with Crippen LogP contribution in [0.2, 0.25) is 0 Å². The molecule has 0 aliphatic heterocycles. The number of carbonyl (C=O) groups is 1. The van der Waals surface area contributed by atoms with Crippen molar-refractivity contribution in [3.63, 3.8) is 0 Å². The molecule has 0 aliphatic rings. The molecule has 5 heteroatoms. The number of anilines is 1. The topological polar surface area (TPSA) is 67.8 Å². The zero-order valence-electron chi connectivity index (χ0n) is 12.5. The highest BCUT2D eigenvalue weighted by atomic mass is 16.6. The van der Waals surface area contributed by atoms with E-state index in [0.29, 0.717) is 17.0 Å². The first-order valence-electron chi connectivity index (χ1n) is 6.95. The SMILES string of the molecule is COC(=O)c1ccccc1NC(C)C(O)Oc1ccccc1. The van der Waals surface area contributed by atoms with E-state index in [1.165, 1.54) is 7.11 Å². The lowest BCUT2D eigenvalue weighted by Crippen LogP contribution is -2.35. The molecule has 0 spiro atoms. The molecule has 0 heterocycles. The van der Waals surface area contributed by atoms with Crippen molar-refractivity contribution in [3.8, 4) is 5.75 Å². The van der Waals surface area contributed by atoms with Crippen LogP contribution < -0.4 is 10.1 Å². The smallest absolute Gasteiger partial charge is 0.339 e. The molecule has 0 amide bonds. The number of benzene rings is 2. The van der Waals surface area contributed by atoms with E-state index >= 15 is 0 Å². The average molecular weight is 301 g/mol. The molecule has 2 rings (SSSR count). The minimum Gasteiger partial charge on any atom is -0.465 e. The van der Waals surface area contributed by atoms with Crippen molar-refractivity contribution in [1.29, 1.82) is 0 Å². The first kappa shape index (κ1) is 15.9. The normalized spacial score (nSPS) is 13.0. The quantitative estimate of drug-likeness (QED) is 0.634. The van der Waals surface area contributed by atoms with Gasteiger partial charge in [-0.2, -0.15) is 0 Å². The average Bonchev–Trinajstić information content (AvgIpc) is 2.55. The lowest BCUT2D eigenvalue weighted by molar-refractivity contribution is -0.0272. The van der Waals surface area contributed by atoms with Crippen LogP contribution in [0.4, 0.5) is 5.69 Å². The van der Waals surface area contributed by atoms with E-state index in [2.05, 4.69) is 5.32 Å². The summed E-state index contributed by atoms with van der Waals surface area (Å²) in [6, 6.07) is 15.6. The third kappa shape index (κ3) is 3.99. The van der Waals surface area contributed by atoms with Gasteiger partial charge >= 0.3 is 5.97 Å². The minimum absolute atomic E-state index is 0.406. The Morgan fingerprint density at radius 2 is 1.73 bits per heavy atom. The van der Waals surface area contributed by atoms with Gasteiger partial charge in [0, 0.05) is 5.69 Å². The summed E-state index contributed by atoms with van der Waals surface area (Å²) in [5.74, 6) is 0.138. The maximum absolute atomic E-state index is 11.7. The molecule has 2 atom stereocenters. The van der Waals surface area contributed by atoms with Gasteiger partial charge in [0.25, 0.3) is 0 Å². The number of hydrogen-bond donors (Lipinski definition) is 2. The van der Waals surface area contributed by atoms with E-state index < -0.39 is 18.3 Å². The number of esters is 1. The van der Waals surface area contributed by atoms with Crippen LogP contribution in [0.15, 0.2) is 54.6 Å². The standard InChI is InChI=1S/C17H19NO4/c1-12(16(19)22-13-8-4-3-5-9-13)18-15-11-7-6-10-14(15)17(20)21-2/h3-12,16,18-19H,1-2H3. The lowest BCUT2D eigenvalue weighted by Gasteiger charge is -2.23. The Labute approximate surface area is 129 Å². The molecule has 2 aromatic rings. The van der Waals surface area contributed by atoms with E-state index in [4.69, 9.17) is 9.47 Å². The number of ether oxygens (including phenoxy) is 2. The maximum atomic E-state index is 11.7. The molecule has 0 saturated carbocycles. The summed E-state index contributed by atoms with van der Waals surface area (Å²) in [7, 11) is 1.33. The van der Waals surface area contributed by atoms with Crippen LogP contribution in [0.3, 0.4) is 0 Å². The van der Waals surface area contributed by atoms with E-state index in [9.17, 15) is 9.90 Å². The largest absolute Gasteiger partial charge is 0.465 e. The van der Waals surface area contributed by atoms with Crippen molar-refractivity contribution < 1.29 is 19.4 Å². The molecule has 0 bridgehead atoms. The summed E-state index contributed by atoms with van der Waals surface area (Å²) >= 11 is 0. The molecule has 0 saturated heterocycles. The fourth-order valence-corrected chi connectivity index (χ4v) is 1.95. The molecular weight excluding hydrogens is 282 g/mol. The number of aliphatic hydroxyl groups is 1. The third-order valence-electron chi connectivity index (χ3n) is 3.14. The molecule has 2 aromatic carbocycles. The Morgan fingerprint density at radius 3 is 2.41 bits per heavy atom. The predicted octanol–water partition coefficient (Wildman–Crippen LogP) is 2.67. The van der Waals surface area contributed by atoms with E-state index in [1.807, 2.05) is 18.2 Å². The molecule has 2 unspecified atom stereocenters. The van der Waals surface area contributed by atoms with Gasteiger partial charge in [-0.15, -0.1) is 0 Å². The van der Waals surface area contributed by atoms with Crippen LogP contribution in [-0.4, -0.2) is 30.5 Å². The van der Waals surface area contributed by atoms with Crippen LogP contribution in [-0.2, 0) is 4.74 Å². The Kier molecular flexibility index (Phi) is 5.38. The van der Waals surface area contributed by atoms with Crippen LogP contribution >= 0.6 is 0 Å². The highest BCUT2D eigenvalue weighted by molar-refractivity contribution is 5.95. The lowest BCUT2D eigenvalue weighted by atomic mass is 10.1. The van der Waals surface area contributed by atoms with E-state index in [-0.39, 0.29) is 0 Å². The number of rotatable bonds is 6. The van der Waals surface area contributed by atoms with Crippen LogP contribution in [0.5, 0.6) is 5.75 Å². The molecule has 116 valence electrons. The van der Waals surface area contributed by atoms with E-state index in [0.717, 1.165) is 0 Å².